The molecule has 0 radical (unpaired) electrons. The van der Waals surface area contributed by atoms with E-state index in [0.717, 1.165) is 16.8 Å². The van der Waals surface area contributed by atoms with Crippen molar-refractivity contribution in [2.75, 3.05) is 5.32 Å². The molecule has 0 bridgehead atoms. The maximum Gasteiger partial charge on any atom is 0.276 e. The van der Waals surface area contributed by atoms with Gasteiger partial charge >= 0.3 is 0 Å². The molecular formula is C17H14N4O. The van der Waals surface area contributed by atoms with Crippen LogP contribution in [0.1, 0.15) is 16.1 Å². The standard InChI is InChI=1S/C17H14N4O/c1-12-11-15(13-5-3-2-4-6-13)20-21-16(12)17(22)19-14-7-9-18-10-8-14/h2-11H,1H3,(H,18,19,22). The van der Waals surface area contributed by atoms with Gasteiger partial charge < -0.3 is 5.32 Å². The molecule has 2 aromatic heterocycles. The maximum atomic E-state index is 12.2. The topological polar surface area (TPSA) is 67.8 Å². The second-order valence-corrected chi connectivity index (χ2v) is 4.82. The molecule has 5 heteroatoms. The van der Waals surface area contributed by atoms with Crippen LogP contribution in [0.15, 0.2) is 60.9 Å². The van der Waals surface area contributed by atoms with Gasteiger partial charge in [0.1, 0.15) is 0 Å². The van der Waals surface area contributed by atoms with Crippen LogP contribution in [0, 0.1) is 6.92 Å². The van der Waals surface area contributed by atoms with E-state index >= 15 is 0 Å². The lowest BCUT2D eigenvalue weighted by Gasteiger charge is -2.07. The van der Waals surface area contributed by atoms with Gasteiger partial charge in [0, 0.05) is 23.6 Å². The number of benzene rings is 1. The van der Waals surface area contributed by atoms with Gasteiger partial charge in [-0.25, -0.2) is 0 Å². The number of rotatable bonds is 3. The minimum absolute atomic E-state index is 0.282. The first-order valence-corrected chi connectivity index (χ1v) is 6.85. The summed E-state index contributed by atoms with van der Waals surface area (Å²) < 4.78 is 0. The Morgan fingerprint density at radius 1 is 1.00 bits per heavy atom. The minimum atomic E-state index is -0.282. The highest BCUT2D eigenvalue weighted by Crippen LogP contribution is 2.18. The first-order valence-electron chi connectivity index (χ1n) is 6.85. The third-order valence-electron chi connectivity index (χ3n) is 3.21. The average molecular weight is 290 g/mol. The van der Waals surface area contributed by atoms with Crippen LogP contribution >= 0.6 is 0 Å². The number of carbonyl (C=O) groups excluding carboxylic acids is 1. The fourth-order valence-electron chi connectivity index (χ4n) is 2.09. The molecule has 108 valence electrons. The smallest absolute Gasteiger partial charge is 0.276 e. The third kappa shape index (κ3) is 2.98. The molecule has 22 heavy (non-hydrogen) atoms. The van der Waals surface area contributed by atoms with Crippen LogP contribution in [0.3, 0.4) is 0 Å². The number of nitrogens with zero attached hydrogens (tertiary/aromatic N) is 3. The Labute approximate surface area is 128 Å². The van der Waals surface area contributed by atoms with Crippen LogP contribution in [0.5, 0.6) is 0 Å². The first kappa shape index (κ1) is 13.9. The van der Waals surface area contributed by atoms with Crippen LogP contribution in [-0.2, 0) is 0 Å². The Morgan fingerprint density at radius 3 is 2.41 bits per heavy atom. The van der Waals surface area contributed by atoms with Crippen LogP contribution in [0.2, 0.25) is 0 Å². The molecule has 0 saturated carbocycles. The zero-order chi connectivity index (χ0) is 15.4. The molecule has 5 nitrogen and oxygen atoms in total. The van der Waals surface area contributed by atoms with Crippen molar-refractivity contribution in [2.45, 2.75) is 6.92 Å². The summed E-state index contributed by atoms with van der Waals surface area (Å²) in [6, 6.07) is 15.1. The number of aromatic nitrogens is 3. The zero-order valence-electron chi connectivity index (χ0n) is 12.0. The van der Waals surface area contributed by atoms with Crippen molar-refractivity contribution in [3.05, 3.63) is 72.2 Å². The Kier molecular flexibility index (Phi) is 3.87. The van der Waals surface area contributed by atoms with Crippen molar-refractivity contribution < 1.29 is 4.79 Å². The Bertz CT molecular complexity index is 788. The Hall–Kier alpha value is -3.08. The molecule has 2 heterocycles. The number of hydrogen-bond donors (Lipinski definition) is 1. The predicted octanol–water partition coefficient (Wildman–Crippen LogP) is 3.10. The van der Waals surface area contributed by atoms with E-state index in [9.17, 15) is 4.79 Å². The number of anilines is 1. The summed E-state index contributed by atoms with van der Waals surface area (Å²) in [6.07, 6.45) is 3.24. The van der Waals surface area contributed by atoms with Crippen molar-refractivity contribution in [3.8, 4) is 11.3 Å². The molecule has 0 unspecified atom stereocenters. The van der Waals surface area contributed by atoms with E-state index in [1.807, 2.05) is 43.3 Å². The molecule has 0 fully saturated rings. The highest BCUT2D eigenvalue weighted by Gasteiger charge is 2.13. The number of amides is 1. The SMILES string of the molecule is Cc1cc(-c2ccccc2)nnc1C(=O)Nc1ccncc1. The fraction of sp³-hybridized carbons (Fsp3) is 0.0588. The minimum Gasteiger partial charge on any atom is -0.320 e. The van der Waals surface area contributed by atoms with Crippen LogP contribution < -0.4 is 5.32 Å². The zero-order valence-corrected chi connectivity index (χ0v) is 12.0. The fourth-order valence-corrected chi connectivity index (χ4v) is 2.09. The maximum absolute atomic E-state index is 12.2. The van der Waals surface area contributed by atoms with Gasteiger partial charge in [-0.2, -0.15) is 0 Å². The van der Waals surface area contributed by atoms with E-state index in [4.69, 9.17) is 0 Å². The van der Waals surface area contributed by atoms with Gasteiger partial charge in [-0.3, -0.25) is 9.78 Å². The molecular weight excluding hydrogens is 276 g/mol. The largest absolute Gasteiger partial charge is 0.320 e. The van der Waals surface area contributed by atoms with Gasteiger partial charge in [-0.1, -0.05) is 30.3 Å². The molecule has 0 aliphatic carbocycles. The highest BCUT2D eigenvalue weighted by molar-refractivity contribution is 6.03. The second kappa shape index (κ2) is 6.13. The van der Waals surface area contributed by atoms with E-state index in [0.29, 0.717) is 11.4 Å². The van der Waals surface area contributed by atoms with Gasteiger partial charge in [-0.15, -0.1) is 10.2 Å². The van der Waals surface area contributed by atoms with E-state index in [2.05, 4.69) is 20.5 Å². The predicted molar refractivity (Wildman–Crippen MR) is 84.4 cm³/mol. The molecule has 3 rings (SSSR count). The van der Waals surface area contributed by atoms with Crippen molar-refractivity contribution >= 4 is 11.6 Å². The summed E-state index contributed by atoms with van der Waals surface area (Å²) in [5, 5.41) is 11.0. The molecule has 0 spiro atoms. The van der Waals surface area contributed by atoms with E-state index in [1.165, 1.54) is 0 Å². The number of nitrogens with one attached hydrogen (secondary N) is 1. The number of pyridine rings is 1. The third-order valence-corrected chi connectivity index (χ3v) is 3.21. The molecule has 1 N–H and O–H groups in total. The molecule has 0 aliphatic heterocycles. The molecule has 1 aromatic carbocycles. The number of aryl methyl sites for hydroxylation is 1. The quantitative estimate of drug-likeness (QED) is 0.804. The van der Waals surface area contributed by atoms with Gasteiger partial charge in [0.2, 0.25) is 0 Å². The van der Waals surface area contributed by atoms with Gasteiger partial charge in [0.15, 0.2) is 5.69 Å². The van der Waals surface area contributed by atoms with Crippen LogP contribution in [0.25, 0.3) is 11.3 Å². The lowest BCUT2D eigenvalue weighted by Crippen LogP contribution is -2.16. The van der Waals surface area contributed by atoms with E-state index < -0.39 is 0 Å². The normalized spacial score (nSPS) is 10.2. The average Bonchev–Trinajstić information content (AvgIpc) is 2.56. The van der Waals surface area contributed by atoms with Crippen molar-refractivity contribution in [2.24, 2.45) is 0 Å². The van der Waals surface area contributed by atoms with Crippen LogP contribution in [-0.4, -0.2) is 21.1 Å². The summed E-state index contributed by atoms with van der Waals surface area (Å²) in [7, 11) is 0. The monoisotopic (exact) mass is 290 g/mol. The first-order chi connectivity index (χ1) is 10.7. The van der Waals surface area contributed by atoms with Gasteiger partial charge in [0.05, 0.1) is 5.69 Å². The van der Waals surface area contributed by atoms with Crippen LogP contribution in [0.4, 0.5) is 5.69 Å². The summed E-state index contributed by atoms with van der Waals surface area (Å²) >= 11 is 0. The molecule has 3 aromatic rings. The molecule has 0 aliphatic rings. The van der Waals surface area contributed by atoms with Crippen molar-refractivity contribution in [1.82, 2.24) is 15.2 Å². The van der Waals surface area contributed by atoms with Gasteiger partial charge in [-0.05, 0) is 30.7 Å². The Morgan fingerprint density at radius 2 is 1.73 bits per heavy atom. The number of carbonyl (C=O) groups is 1. The van der Waals surface area contributed by atoms with Crippen molar-refractivity contribution in [1.29, 1.82) is 0 Å². The van der Waals surface area contributed by atoms with Gasteiger partial charge in [0.25, 0.3) is 5.91 Å². The number of hydrogen-bond acceptors (Lipinski definition) is 4. The lowest BCUT2D eigenvalue weighted by molar-refractivity contribution is 0.102. The van der Waals surface area contributed by atoms with Crippen molar-refractivity contribution in [3.63, 3.8) is 0 Å². The second-order valence-electron chi connectivity index (χ2n) is 4.82. The highest BCUT2D eigenvalue weighted by atomic mass is 16.1. The summed E-state index contributed by atoms with van der Waals surface area (Å²) in [6.45, 7) is 1.85. The summed E-state index contributed by atoms with van der Waals surface area (Å²) in [4.78, 5) is 16.2. The molecule has 1 amide bonds. The lowest BCUT2D eigenvalue weighted by atomic mass is 10.1. The summed E-state index contributed by atoms with van der Waals surface area (Å²) in [5.41, 5.74) is 3.49. The summed E-state index contributed by atoms with van der Waals surface area (Å²) in [5.74, 6) is -0.282. The van der Waals surface area contributed by atoms with E-state index in [-0.39, 0.29) is 5.91 Å². The Balaban J connectivity index is 1.85. The molecule has 0 atom stereocenters. The van der Waals surface area contributed by atoms with E-state index in [1.54, 1.807) is 24.5 Å². The molecule has 0 saturated heterocycles.